The van der Waals surface area contributed by atoms with E-state index in [1.165, 1.54) is 11.5 Å². The molecular weight excluding hydrogens is 276 g/mol. The van der Waals surface area contributed by atoms with Crippen molar-refractivity contribution in [2.45, 2.75) is 6.10 Å². The molecule has 0 radical (unpaired) electrons. The van der Waals surface area contributed by atoms with Crippen molar-refractivity contribution in [3.8, 4) is 0 Å². The number of nitrogens with zero attached hydrogens (tertiary/aromatic N) is 2. The number of hydrogen-bond donors (Lipinski definition) is 0. The van der Waals surface area contributed by atoms with E-state index in [0.717, 1.165) is 9.48 Å². The molecule has 1 heterocycles. The number of hydrogen-bond acceptors (Lipinski definition) is 4. The monoisotopic (exact) mass is 284 g/mol. The third kappa shape index (κ3) is 2.42. The van der Waals surface area contributed by atoms with Gasteiger partial charge < -0.3 is 4.74 Å². The van der Waals surface area contributed by atoms with Crippen LogP contribution in [0.15, 0.2) is 34.2 Å². The Labute approximate surface area is 100 Å². The Morgan fingerprint density at radius 1 is 1.33 bits per heavy atom. The van der Waals surface area contributed by atoms with Crippen LogP contribution in [0.3, 0.4) is 0 Å². The molecular formula is C10H9BrN2OS. The lowest BCUT2D eigenvalue weighted by Crippen LogP contribution is -2.05. The van der Waals surface area contributed by atoms with Crippen LogP contribution in [0, 0.1) is 0 Å². The van der Waals surface area contributed by atoms with Gasteiger partial charge in [-0.3, -0.25) is 0 Å². The number of methoxy groups -OCH3 is 1. The van der Waals surface area contributed by atoms with Gasteiger partial charge in [-0.25, -0.2) is 4.98 Å². The zero-order chi connectivity index (χ0) is 10.7. The molecule has 2 aromatic rings. The lowest BCUT2D eigenvalue weighted by molar-refractivity contribution is 0.130. The second-order valence-electron chi connectivity index (χ2n) is 2.93. The van der Waals surface area contributed by atoms with Gasteiger partial charge in [0.25, 0.3) is 0 Å². The summed E-state index contributed by atoms with van der Waals surface area (Å²) in [7, 11) is 1.66. The highest BCUT2D eigenvalue weighted by atomic mass is 79.9. The van der Waals surface area contributed by atoms with Crippen LogP contribution in [0.5, 0.6) is 0 Å². The van der Waals surface area contributed by atoms with Gasteiger partial charge in [0.15, 0.2) is 9.74 Å². The van der Waals surface area contributed by atoms with Gasteiger partial charge >= 0.3 is 0 Å². The van der Waals surface area contributed by atoms with Crippen LogP contribution < -0.4 is 0 Å². The molecule has 0 fully saturated rings. The van der Waals surface area contributed by atoms with Gasteiger partial charge in [0.2, 0.25) is 0 Å². The Kier molecular flexibility index (Phi) is 3.45. The molecule has 15 heavy (non-hydrogen) atoms. The fourth-order valence-corrected chi connectivity index (χ4v) is 2.18. The van der Waals surface area contributed by atoms with Crippen molar-refractivity contribution in [3.05, 3.63) is 45.6 Å². The Morgan fingerprint density at radius 2 is 2.07 bits per heavy atom. The third-order valence-electron chi connectivity index (χ3n) is 1.99. The van der Waals surface area contributed by atoms with E-state index in [4.69, 9.17) is 4.74 Å². The fourth-order valence-electron chi connectivity index (χ4n) is 1.34. The van der Waals surface area contributed by atoms with E-state index in [1.54, 1.807) is 7.11 Å². The van der Waals surface area contributed by atoms with E-state index in [0.29, 0.717) is 5.82 Å². The quantitative estimate of drug-likeness (QED) is 0.869. The average molecular weight is 285 g/mol. The normalized spacial score (nSPS) is 12.7. The van der Waals surface area contributed by atoms with E-state index in [9.17, 15) is 0 Å². The molecule has 5 heteroatoms. The lowest BCUT2D eigenvalue weighted by Gasteiger charge is -2.11. The fraction of sp³-hybridized carbons (Fsp3) is 0.200. The van der Waals surface area contributed by atoms with E-state index in [2.05, 4.69) is 25.3 Å². The average Bonchev–Trinajstić information content (AvgIpc) is 2.68. The predicted molar refractivity (Wildman–Crippen MR) is 62.9 cm³/mol. The summed E-state index contributed by atoms with van der Waals surface area (Å²) in [6, 6.07) is 9.93. The van der Waals surface area contributed by atoms with Crippen molar-refractivity contribution in [3.63, 3.8) is 0 Å². The van der Waals surface area contributed by atoms with E-state index in [-0.39, 0.29) is 6.10 Å². The minimum Gasteiger partial charge on any atom is -0.369 e. The summed E-state index contributed by atoms with van der Waals surface area (Å²) >= 11 is 4.61. The van der Waals surface area contributed by atoms with Crippen molar-refractivity contribution in [2.24, 2.45) is 0 Å². The molecule has 2 rings (SSSR count). The smallest absolute Gasteiger partial charge is 0.179 e. The molecule has 1 unspecified atom stereocenters. The summed E-state index contributed by atoms with van der Waals surface area (Å²) in [5, 5.41) is 0. The highest BCUT2D eigenvalue weighted by molar-refractivity contribution is 9.11. The highest BCUT2D eigenvalue weighted by Gasteiger charge is 2.17. The number of rotatable bonds is 3. The van der Waals surface area contributed by atoms with Crippen molar-refractivity contribution in [2.75, 3.05) is 7.11 Å². The molecule has 0 aliphatic heterocycles. The van der Waals surface area contributed by atoms with E-state index >= 15 is 0 Å². The molecule has 1 atom stereocenters. The Balaban J connectivity index is 2.33. The lowest BCUT2D eigenvalue weighted by atomic mass is 10.1. The van der Waals surface area contributed by atoms with Crippen LogP contribution in [-0.4, -0.2) is 16.5 Å². The van der Waals surface area contributed by atoms with E-state index in [1.807, 2.05) is 30.3 Å². The highest BCUT2D eigenvalue weighted by Crippen LogP contribution is 2.25. The minimum atomic E-state index is -0.186. The van der Waals surface area contributed by atoms with Crippen LogP contribution >= 0.6 is 27.5 Å². The molecule has 78 valence electrons. The Morgan fingerprint density at radius 3 is 2.60 bits per heavy atom. The maximum Gasteiger partial charge on any atom is 0.179 e. The third-order valence-corrected chi connectivity index (χ3v) is 3.12. The van der Waals surface area contributed by atoms with Gasteiger partial charge in [0.05, 0.1) is 0 Å². The molecule has 1 aromatic heterocycles. The second-order valence-corrected chi connectivity index (χ2v) is 4.96. The summed E-state index contributed by atoms with van der Waals surface area (Å²) in [4.78, 5) is 4.26. The summed E-state index contributed by atoms with van der Waals surface area (Å²) in [5.74, 6) is 0.695. The molecule has 0 saturated carbocycles. The first-order valence-corrected chi connectivity index (χ1v) is 5.94. The van der Waals surface area contributed by atoms with Crippen LogP contribution in [0.4, 0.5) is 0 Å². The van der Waals surface area contributed by atoms with Crippen LogP contribution in [0.25, 0.3) is 0 Å². The first-order chi connectivity index (χ1) is 7.31. The van der Waals surface area contributed by atoms with Crippen LogP contribution in [-0.2, 0) is 4.74 Å². The first kappa shape index (κ1) is 10.7. The van der Waals surface area contributed by atoms with E-state index < -0.39 is 0 Å². The Hall–Kier alpha value is -0.780. The molecule has 0 saturated heterocycles. The van der Waals surface area contributed by atoms with Crippen molar-refractivity contribution >= 4 is 27.5 Å². The van der Waals surface area contributed by atoms with Crippen LogP contribution in [0.2, 0.25) is 0 Å². The number of benzene rings is 1. The number of aromatic nitrogens is 2. The molecule has 0 aliphatic carbocycles. The predicted octanol–water partition coefficient (Wildman–Crippen LogP) is 3.04. The standard InChI is InChI=1S/C10H9BrN2OS/c1-14-8(7-5-3-2-4-6-7)9-12-10(11)15-13-9/h2-6,8H,1H3. The molecule has 3 nitrogen and oxygen atoms in total. The molecule has 0 aliphatic rings. The van der Waals surface area contributed by atoms with Gasteiger partial charge in [-0.1, -0.05) is 30.3 Å². The van der Waals surface area contributed by atoms with Crippen molar-refractivity contribution in [1.82, 2.24) is 9.36 Å². The number of halogens is 1. The molecule has 0 spiro atoms. The zero-order valence-corrected chi connectivity index (χ0v) is 10.5. The van der Waals surface area contributed by atoms with Crippen LogP contribution in [0.1, 0.15) is 17.5 Å². The minimum absolute atomic E-state index is 0.186. The van der Waals surface area contributed by atoms with Gasteiger partial charge in [-0.15, -0.1) is 0 Å². The second kappa shape index (κ2) is 4.83. The molecule has 0 N–H and O–H groups in total. The molecule has 1 aromatic carbocycles. The topological polar surface area (TPSA) is 35.0 Å². The first-order valence-electron chi connectivity index (χ1n) is 4.38. The summed E-state index contributed by atoms with van der Waals surface area (Å²) in [6.07, 6.45) is -0.186. The molecule has 0 amide bonds. The van der Waals surface area contributed by atoms with Gasteiger partial charge in [-0.2, -0.15) is 4.37 Å². The SMILES string of the molecule is COC(c1ccccc1)c1nsc(Br)n1. The van der Waals surface area contributed by atoms with Crippen molar-refractivity contribution < 1.29 is 4.74 Å². The molecule has 0 bridgehead atoms. The summed E-state index contributed by atoms with van der Waals surface area (Å²) in [5.41, 5.74) is 1.06. The maximum absolute atomic E-state index is 5.40. The summed E-state index contributed by atoms with van der Waals surface area (Å²) in [6.45, 7) is 0. The maximum atomic E-state index is 5.40. The van der Waals surface area contributed by atoms with Gasteiger partial charge in [0, 0.05) is 7.11 Å². The van der Waals surface area contributed by atoms with Crippen molar-refractivity contribution in [1.29, 1.82) is 0 Å². The zero-order valence-electron chi connectivity index (χ0n) is 8.05. The largest absolute Gasteiger partial charge is 0.369 e. The van der Waals surface area contributed by atoms with Gasteiger partial charge in [-0.05, 0) is 33.0 Å². The summed E-state index contributed by atoms with van der Waals surface area (Å²) < 4.78 is 10.4. The van der Waals surface area contributed by atoms with Gasteiger partial charge in [0.1, 0.15) is 6.10 Å². The Bertz CT molecular complexity index is 432. The number of ether oxygens (including phenoxy) is 1.